The number of methoxy groups -OCH3 is 2. The summed E-state index contributed by atoms with van der Waals surface area (Å²) in [4.78, 5) is 24.1. The number of H-pyrrole nitrogens is 2. The number of nitrogens with zero attached hydrogens (tertiary/aromatic N) is 6. The van der Waals surface area contributed by atoms with Crippen molar-refractivity contribution in [3.8, 4) is 0 Å². The van der Waals surface area contributed by atoms with Crippen molar-refractivity contribution < 1.29 is 19.7 Å². The van der Waals surface area contributed by atoms with Gasteiger partial charge in [0.05, 0.1) is 48.7 Å². The summed E-state index contributed by atoms with van der Waals surface area (Å²) < 4.78 is 14.9. The van der Waals surface area contributed by atoms with Crippen molar-refractivity contribution in [1.29, 1.82) is 0 Å². The SMILES string of the molecule is CC[C@@H](COC)n1c([C@@H](C)O)nc2cnc3[nH]ccc3c21.CC[C@@H](COC)n1c([C@H](C)O)nc2cnc3[nH]ccc3c21. The Hall–Kier alpha value is -3.84. The lowest BCUT2D eigenvalue weighted by Crippen LogP contribution is -2.18. The van der Waals surface area contributed by atoms with E-state index < -0.39 is 12.2 Å². The maximum absolute atomic E-state index is 10.1. The van der Waals surface area contributed by atoms with Crippen LogP contribution in [0, 0.1) is 0 Å². The van der Waals surface area contributed by atoms with Crippen LogP contribution in [-0.4, -0.2) is 76.7 Å². The molecule has 6 aromatic heterocycles. The van der Waals surface area contributed by atoms with E-state index in [2.05, 4.69) is 52.9 Å². The molecule has 0 aliphatic carbocycles. The van der Waals surface area contributed by atoms with Crippen LogP contribution in [0.25, 0.3) is 44.1 Å². The van der Waals surface area contributed by atoms with E-state index in [4.69, 9.17) is 9.47 Å². The lowest BCUT2D eigenvalue weighted by molar-refractivity contribution is 0.140. The summed E-state index contributed by atoms with van der Waals surface area (Å²) in [5, 5.41) is 22.2. The van der Waals surface area contributed by atoms with Crippen LogP contribution in [0.2, 0.25) is 0 Å². The summed E-state index contributed by atoms with van der Waals surface area (Å²) >= 11 is 0. The van der Waals surface area contributed by atoms with E-state index in [0.717, 1.165) is 57.0 Å². The Morgan fingerprint density at radius 3 is 1.48 bits per heavy atom. The van der Waals surface area contributed by atoms with E-state index in [0.29, 0.717) is 24.9 Å². The van der Waals surface area contributed by atoms with Gasteiger partial charge in [0.15, 0.2) is 0 Å². The van der Waals surface area contributed by atoms with Gasteiger partial charge in [0.2, 0.25) is 0 Å². The van der Waals surface area contributed by atoms with Crippen molar-refractivity contribution in [1.82, 2.24) is 39.0 Å². The van der Waals surface area contributed by atoms with E-state index in [-0.39, 0.29) is 12.1 Å². The highest BCUT2D eigenvalue weighted by Crippen LogP contribution is 2.32. The first kappa shape index (κ1) is 29.6. The molecule has 0 aliphatic heterocycles. The number of fused-ring (bicyclic) bond motifs is 6. The number of aromatic nitrogens is 8. The molecular formula is C30H40N8O4. The Balaban J connectivity index is 0.000000168. The minimum absolute atomic E-state index is 0.130. The first-order valence-corrected chi connectivity index (χ1v) is 14.4. The molecule has 0 amide bonds. The molecule has 0 fully saturated rings. The average Bonchev–Trinajstić information content (AvgIpc) is 3.77. The third kappa shape index (κ3) is 5.26. The summed E-state index contributed by atoms with van der Waals surface area (Å²) in [5.74, 6) is 1.31. The second-order valence-electron chi connectivity index (χ2n) is 10.5. The van der Waals surface area contributed by atoms with Crippen LogP contribution in [0.5, 0.6) is 0 Å². The van der Waals surface area contributed by atoms with Gasteiger partial charge < -0.3 is 38.8 Å². The summed E-state index contributed by atoms with van der Waals surface area (Å²) in [6.07, 6.45) is 7.74. The van der Waals surface area contributed by atoms with E-state index in [1.165, 1.54) is 0 Å². The average molecular weight is 577 g/mol. The molecule has 0 bridgehead atoms. The zero-order chi connectivity index (χ0) is 30.0. The van der Waals surface area contributed by atoms with E-state index >= 15 is 0 Å². The Morgan fingerprint density at radius 2 is 1.14 bits per heavy atom. The fourth-order valence-electron chi connectivity index (χ4n) is 5.68. The number of aliphatic hydroxyl groups excluding tert-OH is 2. The Labute approximate surface area is 243 Å². The van der Waals surface area contributed by atoms with Crippen LogP contribution in [0.4, 0.5) is 0 Å². The number of nitrogens with one attached hydrogen (secondary N) is 2. The quantitative estimate of drug-likeness (QED) is 0.175. The minimum Gasteiger partial charge on any atom is -0.385 e. The molecule has 6 rings (SSSR count). The van der Waals surface area contributed by atoms with Gasteiger partial charge in [-0.05, 0) is 38.8 Å². The first-order chi connectivity index (χ1) is 20.3. The molecule has 42 heavy (non-hydrogen) atoms. The summed E-state index contributed by atoms with van der Waals surface area (Å²) in [6, 6.07) is 4.25. The van der Waals surface area contributed by atoms with Crippen molar-refractivity contribution >= 4 is 44.1 Å². The Kier molecular flexibility index (Phi) is 8.88. The van der Waals surface area contributed by atoms with Crippen molar-refractivity contribution in [2.45, 2.75) is 64.8 Å². The van der Waals surface area contributed by atoms with E-state index in [1.807, 2.05) is 24.5 Å². The number of rotatable bonds is 10. The molecule has 6 heterocycles. The van der Waals surface area contributed by atoms with Gasteiger partial charge in [0.1, 0.15) is 46.2 Å². The molecule has 12 nitrogen and oxygen atoms in total. The molecule has 0 saturated heterocycles. The summed E-state index contributed by atoms with van der Waals surface area (Å²) in [7, 11) is 3.38. The number of pyridine rings is 2. The molecule has 0 radical (unpaired) electrons. The number of aromatic amines is 2. The molecule has 0 unspecified atom stereocenters. The van der Waals surface area contributed by atoms with Crippen LogP contribution in [0.15, 0.2) is 36.9 Å². The van der Waals surface area contributed by atoms with Gasteiger partial charge in [-0.25, -0.2) is 19.9 Å². The predicted molar refractivity (Wildman–Crippen MR) is 162 cm³/mol. The van der Waals surface area contributed by atoms with Crippen molar-refractivity contribution in [2.24, 2.45) is 0 Å². The first-order valence-electron chi connectivity index (χ1n) is 14.4. The predicted octanol–water partition coefficient (Wildman–Crippen LogP) is 5.13. The maximum atomic E-state index is 10.1. The zero-order valence-corrected chi connectivity index (χ0v) is 25.0. The van der Waals surface area contributed by atoms with Gasteiger partial charge in [-0.3, -0.25) is 0 Å². The largest absolute Gasteiger partial charge is 0.385 e. The molecule has 12 heteroatoms. The minimum atomic E-state index is -0.641. The van der Waals surface area contributed by atoms with Crippen LogP contribution in [0.1, 0.15) is 76.5 Å². The zero-order valence-electron chi connectivity index (χ0n) is 25.0. The lowest BCUT2D eigenvalue weighted by Gasteiger charge is -2.21. The highest BCUT2D eigenvalue weighted by molar-refractivity contribution is 6.02. The van der Waals surface area contributed by atoms with Gasteiger partial charge >= 0.3 is 0 Å². The van der Waals surface area contributed by atoms with Gasteiger partial charge in [0.25, 0.3) is 0 Å². The molecule has 4 atom stereocenters. The molecule has 0 aliphatic rings. The highest BCUT2D eigenvalue weighted by atomic mass is 16.5. The molecular weight excluding hydrogens is 536 g/mol. The monoisotopic (exact) mass is 576 g/mol. The Bertz CT molecular complexity index is 1650. The number of ether oxygens (including phenoxy) is 2. The van der Waals surface area contributed by atoms with Gasteiger partial charge in [-0.1, -0.05) is 13.8 Å². The van der Waals surface area contributed by atoms with E-state index in [1.54, 1.807) is 40.5 Å². The number of hydrogen-bond donors (Lipinski definition) is 4. The van der Waals surface area contributed by atoms with Crippen LogP contribution < -0.4 is 0 Å². The van der Waals surface area contributed by atoms with Crippen molar-refractivity contribution in [3.05, 3.63) is 48.6 Å². The molecule has 6 aromatic rings. The number of aliphatic hydroxyl groups is 2. The highest BCUT2D eigenvalue weighted by Gasteiger charge is 2.24. The normalized spacial score (nSPS) is 14.9. The molecule has 0 saturated carbocycles. The van der Waals surface area contributed by atoms with Gasteiger partial charge in [-0.15, -0.1) is 0 Å². The summed E-state index contributed by atoms with van der Waals surface area (Å²) in [5.41, 5.74) is 5.25. The molecule has 0 spiro atoms. The maximum Gasteiger partial charge on any atom is 0.139 e. The second kappa shape index (κ2) is 12.6. The van der Waals surface area contributed by atoms with Gasteiger partial charge in [0, 0.05) is 37.4 Å². The number of imidazole rings is 2. The van der Waals surface area contributed by atoms with Crippen LogP contribution in [0.3, 0.4) is 0 Å². The van der Waals surface area contributed by atoms with Crippen LogP contribution >= 0.6 is 0 Å². The fourth-order valence-corrected chi connectivity index (χ4v) is 5.68. The lowest BCUT2D eigenvalue weighted by atomic mass is 10.2. The van der Waals surface area contributed by atoms with Crippen molar-refractivity contribution in [2.75, 3.05) is 27.4 Å². The topological polar surface area (TPSA) is 152 Å². The Morgan fingerprint density at radius 1 is 0.738 bits per heavy atom. The molecule has 224 valence electrons. The summed E-state index contributed by atoms with van der Waals surface area (Å²) in [6.45, 7) is 8.84. The molecule has 0 aromatic carbocycles. The van der Waals surface area contributed by atoms with Crippen molar-refractivity contribution in [3.63, 3.8) is 0 Å². The van der Waals surface area contributed by atoms with E-state index in [9.17, 15) is 10.2 Å². The third-order valence-electron chi connectivity index (χ3n) is 7.66. The smallest absolute Gasteiger partial charge is 0.139 e. The van der Waals surface area contributed by atoms with Crippen LogP contribution in [-0.2, 0) is 9.47 Å². The fraction of sp³-hybridized carbons (Fsp3) is 0.467. The molecule has 4 N–H and O–H groups in total. The third-order valence-corrected chi connectivity index (χ3v) is 7.66. The standard InChI is InChI=1S/2C15H20N4O2/c2*1-4-10(8-21-3)19-13-11-5-6-16-14(11)17-7-12(13)18-15(19)9(2)20/h2*5-7,9-10,20H,4,8H2,1-3H3,(H,16,17)/t9-,10+;9-,10-/m10/s1. The second-order valence-corrected chi connectivity index (χ2v) is 10.5. The number of hydrogen-bond acceptors (Lipinski definition) is 8. The van der Waals surface area contributed by atoms with Gasteiger partial charge in [-0.2, -0.15) is 0 Å².